The first-order chi connectivity index (χ1) is 8.72. The predicted octanol–water partition coefficient (Wildman–Crippen LogP) is 0.627. The molecule has 1 saturated heterocycles. The third-order valence-electron chi connectivity index (χ3n) is 3.31. The van der Waals surface area contributed by atoms with Crippen LogP contribution in [-0.4, -0.2) is 28.5 Å². The fourth-order valence-electron chi connectivity index (χ4n) is 2.17. The monoisotopic (exact) mass is 247 g/mol. The van der Waals surface area contributed by atoms with Crippen LogP contribution < -0.4 is 16.4 Å². The van der Waals surface area contributed by atoms with Gasteiger partial charge in [0.05, 0.1) is 0 Å². The Labute approximate surface area is 105 Å². The van der Waals surface area contributed by atoms with E-state index in [1.165, 1.54) is 0 Å². The highest BCUT2D eigenvalue weighted by Gasteiger charge is 2.28. The van der Waals surface area contributed by atoms with E-state index in [9.17, 15) is 4.79 Å². The Morgan fingerprint density at radius 3 is 2.89 bits per heavy atom. The summed E-state index contributed by atoms with van der Waals surface area (Å²) in [6.07, 6.45) is 4.08. The number of nitrogen functional groups attached to an aromatic ring is 1. The number of aromatic nitrogens is 2. The molecule has 0 radical (unpaired) electrons. The molecular weight excluding hydrogens is 230 g/mol. The zero-order chi connectivity index (χ0) is 12.5. The van der Waals surface area contributed by atoms with Gasteiger partial charge in [-0.05, 0) is 25.7 Å². The molecule has 1 amide bonds. The van der Waals surface area contributed by atoms with Crippen molar-refractivity contribution in [3.8, 4) is 0 Å². The molecule has 2 fully saturated rings. The normalized spacial score (nSPS) is 23.6. The third kappa shape index (κ3) is 2.37. The molecule has 0 bridgehead atoms. The summed E-state index contributed by atoms with van der Waals surface area (Å²) in [6.45, 7) is 0.760. The summed E-state index contributed by atoms with van der Waals surface area (Å²) in [7, 11) is 0. The molecule has 3 rings (SSSR count). The van der Waals surface area contributed by atoms with Crippen LogP contribution in [0.4, 0.5) is 11.6 Å². The lowest BCUT2D eigenvalue weighted by atomic mass is 10.1. The highest BCUT2D eigenvalue weighted by molar-refractivity contribution is 5.85. The van der Waals surface area contributed by atoms with Crippen molar-refractivity contribution in [1.82, 2.24) is 15.3 Å². The highest BCUT2D eigenvalue weighted by atomic mass is 16.2. The van der Waals surface area contributed by atoms with Gasteiger partial charge in [-0.1, -0.05) is 0 Å². The Balaban J connectivity index is 1.76. The Morgan fingerprint density at radius 1 is 1.33 bits per heavy atom. The molecule has 1 aromatic rings. The number of nitrogens with two attached hydrogens (primary N) is 1. The summed E-state index contributed by atoms with van der Waals surface area (Å²) >= 11 is 0. The molecule has 1 atom stereocenters. The molecule has 1 aliphatic carbocycles. The van der Waals surface area contributed by atoms with E-state index < -0.39 is 0 Å². The maximum atomic E-state index is 11.7. The zero-order valence-corrected chi connectivity index (χ0v) is 10.1. The summed E-state index contributed by atoms with van der Waals surface area (Å²) in [5, 5.41) is 5.99. The van der Waals surface area contributed by atoms with Crippen molar-refractivity contribution in [2.75, 3.05) is 17.6 Å². The van der Waals surface area contributed by atoms with Crippen LogP contribution in [0, 0.1) is 0 Å². The van der Waals surface area contributed by atoms with E-state index in [0.717, 1.165) is 38.1 Å². The largest absolute Gasteiger partial charge is 0.384 e. The van der Waals surface area contributed by atoms with E-state index in [4.69, 9.17) is 5.73 Å². The van der Waals surface area contributed by atoms with Crippen LogP contribution in [0.3, 0.4) is 0 Å². The standard InChI is InChI=1S/C12H17N5O/c13-9-6-10(17-11(16-9)7-3-4-7)15-8-2-1-5-14-12(8)18/h6-8H,1-5H2,(H,14,18)(H3,13,15,16,17). The average Bonchev–Trinajstić information content (AvgIpc) is 3.15. The first-order valence-electron chi connectivity index (χ1n) is 6.41. The Hall–Kier alpha value is -1.85. The number of hydrogen-bond donors (Lipinski definition) is 3. The van der Waals surface area contributed by atoms with Gasteiger partial charge in [0.2, 0.25) is 5.91 Å². The van der Waals surface area contributed by atoms with Crippen molar-refractivity contribution < 1.29 is 4.79 Å². The van der Waals surface area contributed by atoms with Crippen molar-refractivity contribution in [1.29, 1.82) is 0 Å². The molecule has 18 heavy (non-hydrogen) atoms. The van der Waals surface area contributed by atoms with Crippen molar-refractivity contribution in [2.24, 2.45) is 0 Å². The summed E-state index contributed by atoms with van der Waals surface area (Å²) in [5.41, 5.74) is 5.77. The van der Waals surface area contributed by atoms with Gasteiger partial charge in [-0.3, -0.25) is 4.79 Å². The number of rotatable bonds is 3. The molecule has 4 N–H and O–H groups in total. The molecule has 1 saturated carbocycles. The molecule has 1 aliphatic heterocycles. The van der Waals surface area contributed by atoms with Gasteiger partial charge in [0.25, 0.3) is 0 Å². The van der Waals surface area contributed by atoms with E-state index in [0.29, 0.717) is 17.6 Å². The Bertz CT molecular complexity index is 472. The fourth-order valence-corrected chi connectivity index (χ4v) is 2.17. The maximum Gasteiger partial charge on any atom is 0.242 e. The van der Waals surface area contributed by atoms with Gasteiger partial charge in [0.1, 0.15) is 23.5 Å². The molecular formula is C12H17N5O. The second kappa shape index (κ2) is 4.44. The zero-order valence-electron chi connectivity index (χ0n) is 10.1. The maximum absolute atomic E-state index is 11.7. The summed E-state index contributed by atoms with van der Waals surface area (Å²) < 4.78 is 0. The van der Waals surface area contributed by atoms with Crippen LogP contribution >= 0.6 is 0 Å². The van der Waals surface area contributed by atoms with Crippen molar-refractivity contribution in [3.05, 3.63) is 11.9 Å². The number of piperidine rings is 1. The minimum absolute atomic E-state index is 0.0337. The van der Waals surface area contributed by atoms with Crippen molar-refractivity contribution in [3.63, 3.8) is 0 Å². The number of hydrogen-bond acceptors (Lipinski definition) is 5. The second-order valence-corrected chi connectivity index (χ2v) is 4.94. The van der Waals surface area contributed by atoms with Crippen LogP contribution in [0.15, 0.2) is 6.07 Å². The number of nitrogens with zero attached hydrogens (tertiary/aromatic N) is 2. The third-order valence-corrected chi connectivity index (χ3v) is 3.31. The fraction of sp³-hybridized carbons (Fsp3) is 0.583. The van der Waals surface area contributed by atoms with E-state index >= 15 is 0 Å². The topological polar surface area (TPSA) is 92.9 Å². The Kier molecular flexibility index (Phi) is 2.77. The minimum atomic E-state index is -0.208. The van der Waals surface area contributed by atoms with Crippen molar-refractivity contribution >= 4 is 17.5 Å². The number of amides is 1. The van der Waals surface area contributed by atoms with Crippen LogP contribution in [-0.2, 0) is 4.79 Å². The van der Waals surface area contributed by atoms with Gasteiger partial charge in [-0.25, -0.2) is 9.97 Å². The number of carbonyl (C=O) groups excluding carboxylic acids is 1. The van der Waals surface area contributed by atoms with E-state index in [1.807, 2.05) is 0 Å². The van der Waals surface area contributed by atoms with Gasteiger partial charge in [0, 0.05) is 18.5 Å². The first-order valence-corrected chi connectivity index (χ1v) is 6.41. The lowest BCUT2D eigenvalue weighted by molar-refractivity contribution is -0.123. The summed E-state index contributed by atoms with van der Waals surface area (Å²) in [6, 6.07) is 1.48. The second-order valence-electron chi connectivity index (χ2n) is 4.94. The molecule has 96 valence electrons. The smallest absolute Gasteiger partial charge is 0.242 e. The molecule has 0 aromatic carbocycles. The van der Waals surface area contributed by atoms with Crippen molar-refractivity contribution in [2.45, 2.75) is 37.6 Å². The quantitative estimate of drug-likeness (QED) is 0.728. The minimum Gasteiger partial charge on any atom is -0.384 e. The molecule has 0 spiro atoms. The molecule has 6 heteroatoms. The van der Waals surface area contributed by atoms with Gasteiger partial charge < -0.3 is 16.4 Å². The number of anilines is 2. The molecule has 1 aromatic heterocycles. The number of carbonyl (C=O) groups is 1. The molecule has 2 aliphatic rings. The van der Waals surface area contributed by atoms with Crippen LogP contribution in [0.1, 0.15) is 37.4 Å². The van der Waals surface area contributed by atoms with E-state index in [-0.39, 0.29) is 11.9 Å². The van der Waals surface area contributed by atoms with Crippen LogP contribution in [0.5, 0.6) is 0 Å². The van der Waals surface area contributed by atoms with E-state index in [1.54, 1.807) is 6.07 Å². The van der Waals surface area contributed by atoms with Gasteiger partial charge in [-0.15, -0.1) is 0 Å². The highest BCUT2D eigenvalue weighted by Crippen LogP contribution is 2.38. The number of nitrogens with one attached hydrogen (secondary N) is 2. The lowest BCUT2D eigenvalue weighted by Crippen LogP contribution is -2.44. The van der Waals surface area contributed by atoms with Gasteiger partial charge >= 0.3 is 0 Å². The summed E-state index contributed by atoms with van der Waals surface area (Å²) in [4.78, 5) is 20.3. The first kappa shape index (κ1) is 11.3. The van der Waals surface area contributed by atoms with E-state index in [2.05, 4.69) is 20.6 Å². The molecule has 6 nitrogen and oxygen atoms in total. The predicted molar refractivity (Wildman–Crippen MR) is 68.1 cm³/mol. The average molecular weight is 247 g/mol. The van der Waals surface area contributed by atoms with Gasteiger partial charge in [0.15, 0.2) is 0 Å². The SMILES string of the molecule is Nc1cc(NC2CCCNC2=O)nc(C2CC2)n1. The molecule has 2 heterocycles. The van der Waals surface area contributed by atoms with Crippen LogP contribution in [0.2, 0.25) is 0 Å². The molecule has 1 unspecified atom stereocenters. The van der Waals surface area contributed by atoms with Crippen LogP contribution in [0.25, 0.3) is 0 Å². The summed E-state index contributed by atoms with van der Waals surface area (Å²) in [5.74, 6) is 2.41. The van der Waals surface area contributed by atoms with Gasteiger partial charge in [-0.2, -0.15) is 0 Å². The lowest BCUT2D eigenvalue weighted by Gasteiger charge is -2.23. The Morgan fingerprint density at radius 2 is 2.17 bits per heavy atom.